The Labute approximate surface area is 144 Å². The SMILES string of the molecule is Cc1noc(-c2ccc(O)cn2)c1CNc1ncnc(C2CCC2)n1. The highest BCUT2D eigenvalue weighted by Gasteiger charge is 2.23. The minimum Gasteiger partial charge on any atom is -0.506 e. The number of nitrogens with one attached hydrogen (secondary N) is 1. The summed E-state index contributed by atoms with van der Waals surface area (Å²) < 4.78 is 5.41. The van der Waals surface area contributed by atoms with Crippen molar-refractivity contribution in [2.45, 2.75) is 38.6 Å². The molecule has 8 nitrogen and oxygen atoms in total. The fourth-order valence-electron chi connectivity index (χ4n) is 2.74. The van der Waals surface area contributed by atoms with Crippen LogP contribution in [0.2, 0.25) is 0 Å². The molecule has 0 unspecified atom stereocenters. The minimum atomic E-state index is 0.105. The van der Waals surface area contributed by atoms with Crippen molar-refractivity contribution in [1.82, 2.24) is 25.1 Å². The number of aromatic nitrogens is 5. The van der Waals surface area contributed by atoms with Crippen LogP contribution in [0.3, 0.4) is 0 Å². The molecule has 0 saturated heterocycles. The number of pyridine rings is 1. The van der Waals surface area contributed by atoms with Crippen molar-refractivity contribution in [2.75, 3.05) is 5.32 Å². The van der Waals surface area contributed by atoms with Crippen molar-refractivity contribution in [2.24, 2.45) is 0 Å². The van der Waals surface area contributed by atoms with Gasteiger partial charge in [0.2, 0.25) is 5.95 Å². The van der Waals surface area contributed by atoms with Gasteiger partial charge >= 0.3 is 0 Å². The summed E-state index contributed by atoms with van der Waals surface area (Å²) in [5.41, 5.74) is 2.26. The Kier molecular flexibility index (Phi) is 4.01. The van der Waals surface area contributed by atoms with E-state index in [9.17, 15) is 5.11 Å². The third-order valence-electron chi connectivity index (χ3n) is 4.45. The van der Waals surface area contributed by atoms with Crippen molar-refractivity contribution in [3.63, 3.8) is 0 Å². The molecule has 0 aromatic carbocycles. The average molecular weight is 338 g/mol. The molecule has 3 aromatic rings. The minimum absolute atomic E-state index is 0.105. The van der Waals surface area contributed by atoms with Gasteiger partial charge in [-0.25, -0.2) is 15.0 Å². The highest BCUT2D eigenvalue weighted by Crippen LogP contribution is 2.34. The van der Waals surface area contributed by atoms with Gasteiger partial charge in [-0.2, -0.15) is 4.98 Å². The van der Waals surface area contributed by atoms with Crippen LogP contribution in [0, 0.1) is 6.92 Å². The topological polar surface area (TPSA) is 110 Å². The molecule has 3 aromatic heterocycles. The highest BCUT2D eigenvalue weighted by atomic mass is 16.5. The van der Waals surface area contributed by atoms with Crippen LogP contribution in [0.15, 0.2) is 29.2 Å². The van der Waals surface area contributed by atoms with Crippen molar-refractivity contribution < 1.29 is 9.63 Å². The zero-order chi connectivity index (χ0) is 17.2. The van der Waals surface area contributed by atoms with Gasteiger partial charge in [0.1, 0.15) is 23.6 Å². The van der Waals surface area contributed by atoms with E-state index in [-0.39, 0.29) is 5.75 Å². The summed E-state index contributed by atoms with van der Waals surface area (Å²) in [5, 5.41) is 16.6. The van der Waals surface area contributed by atoms with Crippen molar-refractivity contribution in [3.8, 4) is 17.2 Å². The molecule has 4 rings (SSSR count). The molecule has 1 fully saturated rings. The van der Waals surface area contributed by atoms with Crippen molar-refractivity contribution >= 4 is 5.95 Å². The first kappa shape index (κ1) is 15.5. The zero-order valence-electron chi connectivity index (χ0n) is 13.8. The molecular weight excluding hydrogens is 320 g/mol. The van der Waals surface area contributed by atoms with Crippen LogP contribution in [-0.4, -0.2) is 30.2 Å². The van der Waals surface area contributed by atoms with Crippen LogP contribution in [0.5, 0.6) is 5.75 Å². The first-order valence-corrected chi connectivity index (χ1v) is 8.24. The average Bonchev–Trinajstić information content (AvgIpc) is 2.93. The summed E-state index contributed by atoms with van der Waals surface area (Å²) in [6, 6.07) is 3.25. The van der Waals surface area contributed by atoms with Crippen LogP contribution < -0.4 is 5.32 Å². The first-order valence-electron chi connectivity index (χ1n) is 8.24. The lowest BCUT2D eigenvalue weighted by Crippen LogP contribution is -2.14. The molecule has 0 atom stereocenters. The lowest BCUT2D eigenvalue weighted by Gasteiger charge is -2.23. The molecular formula is C17H18N6O2. The van der Waals surface area contributed by atoms with Crippen LogP contribution in [0.4, 0.5) is 5.95 Å². The maximum Gasteiger partial charge on any atom is 0.226 e. The van der Waals surface area contributed by atoms with E-state index >= 15 is 0 Å². The summed E-state index contributed by atoms with van der Waals surface area (Å²) in [4.78, 5) is 17.1. The molecule has 2 N–H and O–H groups in total. The van der Waals surface area contributed by atoms with Crippen LogP contribution in [0.25, 0.3) is 11.5 Å². The smallest absolute Gasteiger partial charge is 0.226 e. The summed E-state index contributed by atoms with van der Waals surface area (Å²) in [7, 11) is 0. The summed E-state index contributed by atoms with van der Waals surface area (Å²) in [6.07, 6.45) is 6.45. The number of hydrogen-bond acceptors (Lipinski definition) is 8. The van der Waals surface area contributed by atoms with E-state index < -0.39 is 0 Å². The molecule has 0 amide bonds. The molecule has 0 aliphatic heterocycles. The van der Waals surface area contributed by atoms with Gasteiger partial charge in [-0.05, 0) is 31.9 Å². The number of aromatic hydroxyl groups is 1. The van der Waals surface area contributed by atoms with Gasteiger partial charge in [-0.1, -0.05) is 11.6 Å². The molecule has 0 bridgehead atoms. The standard InChI is InChI=1S/C17H18N6O2/c1-10-13(15(25-23-10)14-6-5-12(24)7-18-14)8-19-17-21-9-20-16(22-17)11-3-2-4-11/h5-7,9,11,24H,2-4,8H2,1H3,(H,19,20,21,22). The van der Waals surface area contributed by atoms with Crippen LogP contribution in [-0.2, 0) is 6.54 Å². The van der Waals surface area contributed by atoms with Crippen LogP contribution in [0.1, 0.15) is 42.3 Å². The van der Waals surface area contributed by atoms with E-state index in [1.54, 1.807) is 18.5 Å². The lowest BCUT2D eigenvalue weighted by atomic mass is 9.85. The van der Waals surface area contributed by atoms with Gasteiger partial charge in [0.15, 0.2) is 5.76 Å². The van der Waals surface area contributed by atoms with Gasteiger partial charge in [0, 0.05) is 18.0 Å². The van der Waals surface area contributed by atoms with E-state index in [4.69, 9.17) is 4.52 Å². The third kappa shape index (κ3) is 3.15. The Balaban J connectivity index is 1.53. The Bertz CT molecular complexity index is 873. The largest absolute Gasteiger partial charge is 0.506 e. The molecule has 1 saturated carbocycles. The molecule has 8 heteroatoms. The zero-order valence-corrected chi connectivity index (χ0v) is 13.8. The number of aryl methyl sites for hydroxylation is 1. The Morgan fingerprint density at radius 3 is 2.84 bits per heavy atom. The van der Waals surface area contributed by atoms with E-state index in [0.717, 1.165) is 29.9 Å². The second-order valence-corrected chi connectivity index (χ2v) is 6.13. The number of hydrogen-bond donors (Lipinski definition) is 2. The lowest BCUT2D eigenvalue weighted by molar-refractivity contribution is 0.400. The third-order valence-corrected chi connectivity index (χ3v) is 4.45. The van der Waals surface area contributed by atoms with E-state index in [1.807, 2.05) is 6.92 Å². The number of nitrogens with zero attached hydrogens (tertiary/aromatic N) is 5. The molecule has 0 radical (unpaired) electrons. The maximum atomic E-state index is 9.38. The van der Waals surface area contributed by atoms with Crippen molar-refractivity contribution in [3.05, 3.63) is 41.7 Å². The van der Waals surface area contributed by atoms with E-state index in [0.29, 0.717) is 29.9 Å². The van der Waals surface area contributed by atoms with Gasteiger partial charge in [-0.3, -0.25) is 0 Å². The number of anilines is 1. The summed E-state index contributed by atoms with van der Waals surface area (Å²) in [5.74, 6) is 2.53. The fourth-order valence-corrected chi connectivity index (χ4v) is 2.74. The molecule has 1 aliphatic rings. The van der Waals surface area contributed by atoms with Gasteiger partial charge in [0.05, 0.1) is 11.9 Å². The Morgan fingerprint density at radius 2 is 2.12 bits per heavy atom. The predicted molar refractivity (Wildman–Crippen MR) is 89.9 cm³/mol. The molecule has 0 spiro atoms. The first-order chi connectivity index (χ1) is 12.2. The molecule has 128 valence electrons. The van der Waals surface area contributed by atoms with E-state index in [2.05, 4.69) is 30.4 Å². The second-order valence-electron chi connectivity index (χ2n) is 6.13. The fraction of sp³-hybridized carbons (Fsp3) is 0.353. The predicted octanol–water partition coefficient (Wildman–Crippen LogP) is 2.82. The summed E-state index contributed by atoms with van der Waals surface area (Å²) >= 11 is 0. The maximum absolute atomic E-state index is 9.38. The normalized spacial score (nSPS) is 14.3. The molecule has 3 heterocycles. The van der Waals surface area contributed by atoms with Gasteiger partial charge < -0.3 is 14.9 Å². The van der Waals surface area contributed by atoms with Gasteiger partial charge in [0.25, 0.3) is 0 Å². The number of rotatable bonds is 5. The Hall–Kier alpha value is -3.03. The quantitative estimate of drug-likeness (QED) is 0.731. The molecule has 1 aliphatic carbocycles. The molecule has 25 heavy (non-hydrogen) atoms. The monoisotopic (exact) mass is 338 g/mol. The summed E-state index contributed by atoms with van der Waals surface area (Å²) in [6.45, 7) is 2.33. The Morgan fingerprint density at radius 1 is 1.24 bits per heavy atom. The van der Waals surface area contributed by atoms with Crippen molar-refractivity contribution in [1.29, 1.82) is 0 Å². The van der Waals surface area contributed by atoms with Gasteiger partial charge in [-0.15, -0.1) is 0 Å². The second kappa shape index (κ2) is 6.46. The van der Waals surface area contributed by atoms with Crippen LogP contribution >= 0.6 is 0 Å². The highest BCUT2D eigenvalue weighted by molar-refractivity contribution is 5.58. The van der Waals surface area contributed by atoms with E-state index in [1.165, 1.54) is 12.6 Å².